The molecule has 1 aliphatic carbocycles. The van der Waals surface area contributed by atoms with Crippen molar-refractivity contribution < 1.29 is 0 Å². The Bertz CT molecular complexity index is 1650. The fourth-order valence-electron chi connectivity index (χ4n) is 4.77. The molecule has 206 valence electrons. The van der Waals surface area contributed by atoms with E-state index in [-0.39, 0.29) is 0 Å². The highest BCUT2D eigenvalue weighted by Gasteiger charge is 2.13. The normalized spacial score (nSPS) is 14.9. The average molecular weight is 546 g/mol. The SMILES string of the molecule is C=Cc1ccc2\c(=C(N=C(C)c3cccc(C4=CCCC=C4)c3)/C(C)=C/C=C\CC)c(=C)sc2c1/C=C\C.CC. The quantitative estimate of drug-likeness (QED) is 0.197. The number of thiophene rings is 1. The van der Waals surface area contributed by atoms with E-state index in [1.54, 1.807) is 11.3 Å². The molecular weight excluding hydrogens is 502 g/mol. The van der Waals surface area contributed by atoms with Crippen LogP contribution in [0.1, 0.15) is 83.1 Å². The number of hydrogen-bond acceptors (Lipinski definition) is 2. The Balaban J connectivity index is 0.00000216. The Labute approximate surface area is 245 Å². The second-order valence-corrected chi connectivity index (χ2v) is 10.6. The number of rotatable bonds is 8. The molecule has 3 aromatic rings. The molecule has 0 amide bonds. The number of hydrogen-bond donors (Lipinski definition) is 0. The van der Waals surface area contributed by atoms with Gasteiger partial charge in [0.1, 0.15) is 0 Å². The van der Waals surface area contributed by atoms with Crippen molar-refractivity contribution in [2.75, 3.05) is 0 Å². The highest BCUT2D eigenvalue weighted by molar-refractivity contribution is 7.17. The van der Waals surface area contributed by atoms with E-state index >= 15 is 0 Å². The van der Waals surface area contributed by atoms with Gasteiger partial charge in [-0.1, -0.05) is 119 Å². The van der Waals surface area contributed by atoms with Gasteiger partial charge < -0.3 is 0 Å². The molecule has 4 rings (SSSR count). The summed E-state index contributed by atoms with van der Waals surface area (Å²) >= 11 is 1.73. The minimum absolute atomic E-state index is 0.972. The zero-order valence-corrected chi connectivity index (χ0v) is 25.9. The minimum atomic E-state index is 0.972. The Morgan fingerprint density at radius 1 is 1.10 bits per heavy atom. The molecule has 1 aliphatic rings. The summed E-state index contributed by atoms with van der Waals surface area (Å²) in [6, 6.07) is 13.1. The molecule has 0 saturated heterocycles. The molecule has 1 aromatic heterocycles. The van der Waals surface area contributed by atoms with Gasteiger partial charge in [0.15, 0.2) is 0 Å². The lowest BCUT2D eigenvalue weighted by atomic mass is 9.97. The van der Waals surface area contributed by atoms with Crippen molar-refractivity contribution >= 4 is 57.1 Å². The van der Waals surface area contributed by atoms with E-state index in [4.69, 9.17) is 4.99 Å². The predicted octanol–water partition coefficient (Wildman–Crippen LogP) is 10.3. The number of allylic oxidation sites excluding steroid dienone is 8. The summed E-state index contributed by atoms with van der Waals surface area (Å²) in [6.45, 7) is 21.0. The molecule has 0 bridgehead atoms. The summed E-state index contributed by atoms with van der Waals surface area (Å²) in [5.41, 5.74) is 9.05. The van der Waals surface area contributed by atoms with Gasteiger partial charge in [0.05, 0.1) is 5.70 Å². The van der Waals surface area contributed by atoms with Gasteiger partial charge in [-0.05, 0) is 79.5 Å². The molecule has 0 N–H and O–H groups in total. The van der Waals surface area contributed by atoms with Crippen LogP contribution in [-0.4, -0.2) is 5.71 Å². The lowest BCUT2D eigenvalue weighted by molar-refractivity contribution is 1.04. The zero-order chi connectivity index (χ0) is 29.1. The molecule has 0 aliphatic heterocycles. The number of aliphatic imine (C=N–C) groups is 1. The summed E-state index contributed by atoms with van der Waals surface area (Å²) in [4.78, 5) is 5.31. The highest BCUT2D eigenvalue weighted by Crippen LogP contribution is 2.27. The molecule has 0 spiro atoms. The molecule has 1 nitrogen and oxygen atoms in total. The molecule has 0 unspecified atom stereocenters. The van der Waals surface area contributed by atoms with Crippen LogP contribution in [0.3, 0.4) is 0 Å². The van der Waals surface area contributed by atoms with Crippen LogP contribution in [0.2, 0.25) is 0 Å². The molecule has 0 radical (unpaired) electrons. The summed E-state index contributed by atoms with van der Waals surface area (Å²) in [7, 11) is 0. The van der Waals surface area contributed by atoms with Gasteiger partial charge in [0.2, 0.25) is 0 Å². The van der Waals surface area contributed by atoms with E-state index in [2.05, 4.69) is 126 Å². The predicted molar refractivity (Wildman–Crippen MR) is 184 cm³/mol. The van der Waals surface area contributed by atoms with Crippen molar-refractivity contribution in [1.29, 1.82) is 0 Å². The second kappa shape index (κ2) is 15.1. The highest BCUT2D eigenvalue weighted by atomic mass is 32.1. The van der Waals surface area contributed by atoms with Crippen LogP contribution in [0.5, 0.6) is 0 Å². The van der Waals surface area contributed by atoms with Crippen molar-refractivity contribution in [3.63, 3.8) is 0 Å². The second-order valence-electron chi connectivity index (χ2n) is 9.50. The van der Waals surface area contributed by atoms with Crippen LogP contribution in [0, 0.1) is 0 Å². The van der Waals surface area contributed by atoms with Crippen molar-refractivity contribution in [2.24, 2.45) is 4.99 Å². The maximum Gasteiger partial charge on any atom is 0.0755 e. The van der Waals surface area contributed by atoms with Gasteiger partial charge >= 0.3 is 0 Å². The van der Waals surface area contributed by atoms with E-state index < -0.39 is 0 Å². The largest absolute Gasteiger partial charge is 0.252 e. The van der Waals surface area contributed by atoms with Crippen LogP contribution in [-0.2, 0) is 0 Å². The minimum Gasteiger partial charge on any atom is -0.252 e. The topological polar surface area (TPSA) is 12.4 Å². The third kappa shape index (κ3) is 7.06. The van der Waals surface area contributed by atoms with E-state index in [9.17, 15) is 0 Å². The molecule has 40 heavy (non-hydrogen) atoms. The monoisotopic (exact) mass is 545 g/mol. The summed E-state index contributed by atoms with van der Waals surface area (Å²) in [5, 5.41) is 2.29. The van der Waals surface area contributed by atoms with Crippen LogP contribution < -0.4 is 9.75 Å². The first kappa shape index (κ1) is 30.8. The summed E-state index contributed by atoms with van der Waals surface area (Å²) in [6.07, 6.45) is 22.6. The fraction of sp³-hybridized carbons (Fsp3) is 0.237. The Morgan fingerprint density at radius 3 is 2.58 bits per heavy atom. The van der Waals surface area contributed by atoms with E-state index in [0.29, 0.717) is 0 Å². The first-order chi connectivity index (χ1) is 19.5. The van der Waals surface area contributed by atoms with E-state index in [1.807, 2.05) is 19.9 Å². The summed E-state index contributed by atoms with van der Waals surface area (Å²) < 4.78 is 2.25. The molecule has 0 fully saturated rings. The lowest BCUT2D eigenvalue weighted by Crippen LogP contribution is -2.21. The summed E-state index contributed by atoms with van der Waals surface area (Å²) in [5.74, 6) is 0. The number of fused-ring (bicyclic) bond motifs is 1. The van der Waals surface area contributed by atoms with Gasteiger partial charge in [-0.25, -0.2) is 0 Å². The van der Waals surface area contributed by atoms with Crippen molar-refractivity contribution in [1.82, 2.24) is 0 Å². The van der Waals surface area contributed by atoms with Gasteiger partial charge in [0.25, 0.3) is 0 Å². The molecule has 1 heterocycles. The van der Waals surface area contributed by atoms with Crippen LogP contribution in [0.15, 0.2) is 96.1 Å². The third-order valence-corrected chi connectivity index (χ3v) is 7.87. The Kier molecular flexibility index (Phi) is 11.7. The molecule has 0 atom stereocenters. The average Bonchev–Trinajstić information content (AvgIpc) is 3.33. The van der Waals surface area contributed by atoms with Crippen molar-refractivity contribution in [3.05, 3.63) is 123 Å². The van der Waals surface area contributed by atoms with Gasteiger partial charge in [-0.2, -0.15) is 0 Å². The number of benzene rings is 2. The zero-order valence-electron chi connectivity index (χ0n) is 25.1. The van der Waals surface area contributed by atoms with Gasteiger partial charge in [-0.15, -0.1) is 11.3 Å². The third-order valence-electron chi connectivity index (χ3n) is 6.77. The van der Waals surface area contributed by atoms with Crippen LogP contribution >= 0.6 is 11.3 Å². The Morgan fingerprint density at radius 2 is 1.90 bits per heavy atom. The maximum absolute atomic E-state index is 5.31. The standard InChI is InChI=1S/C36H37NS.C2H6/c1-7-10-12-17-25(4)35(34-27(6)38-36-32(16-8-2)28(9-3)22-23-33(34)36)37-26(5)30-20-15-21-31(24-30)29-18-13-11-14-19-29;1-2/h8-10,12-13,15-24H,3,6-7,11,14H2,1-2,4-5H3;1-2H3/b12-10-,16-8-,25-17+,35-34+,37-26?;. The smallest absolute Gasteiger partial charge is 0.0755 e. The Hall–Kier alpha value is -3.75. The lowest BCUT2D eigenvalue weighted by Gasteiger charge is -2.10. The van der Waals surface area contributed by atoms with Crippen LogP contribution in [0.25, 0.3) is 40.1 Å². The van der Waals surface area contributed by atoms with Gasteiger partial charge in [0, 0.05) is 25.5 Å². The molecule has 0 saturated carbocycles. The maximum atomic E-state index is 5.31. The van der Waals surface area contributed by atoms with Crippen molar-refractivity contribution in [3.8, 4) is 0 Å². The fourth-order valence-corrected chi connectivity index (χ4v) is 5.91. The van der Waals surface area contributed by atoms with E-state index in [1.165, 1.54) is 26.8 Å². The van der Waals surface area contributed by atoms with Crippen molar-refractivity contribution in [2.45, 2.75) is 60.8 Å². The molecule has 2 heteroatoms. The van der Waals surface area contributed by atoms with Crippen LogP contribution in [0.4, 0.5) is 0 Å². The number of nitrogens with zero attached hydrogens (tertiary/aromatic N) is 1. The van der Waals surface area contributed by atoms with Gasteiger partial charge in [-0.3, -0.25) is 4.99 Å². The molecule has 2 aromatic carbocycles. The molecular formula is C38H43NS. The first-order valence-electron chi connectivity index (χ1n) is 14.4. The van der Waals surface area contributed by atoms with E-state index in [0.717, 1.165) is 57.1 Å². The first-order valence-corrected chi connectivity index (χ1v) is 15.2.